The highest BCUT2D eigenvalue weighted by molar-refractivity contribution is 5.97. The second kappa shape index (κ2) is 10.6. The highest BCUT2D eigenvalue weighted by Gasteiger charge is 2.18. The van der Waals surface area contributed by atoms with E-state index in [9.17, 15) is 14.4 Å². The summed E-state index contributed by atoms with van der Waals surface area (Å²) in [5, 5.41) is 5.92. The summed E-state index contributed by atoms with van der Waals surface area (Å²) in [7, 11) is 1.63. The summed E-state index contributed by atoms with van der Waals surface area (Å²) in [6, 6.07) is 7.29. The highest BCUT2D eigenvalue weighted by Crippen LogP contribution is 2.22. The molecule has 0 spiro atoms. The number of benzene rings is 1. The first-order valence-corrected chi connectivity index (χ1v) is 10.1. The van der Waals surface area contributed by atoms with Gasteiger partial charge >= 0.3 is 5.69 Å². The van der Waals surface area contributed by atoms with Crippen molar-refractivity contribution in [3.63, 3.8) is 0 Å². The first kappa shape index (κ1) is 23.0. The van der Waals surface area contributed by atoms with Gasteiger partial charge in [-0.3, -0.25) is 14.6 Å². The van der Waals surface area contributed by atoms with E-state index in [1.54, 1.807) is 14.0 Å². The summed E-state index contributed by atoms with van der Waals surface area (Å²) in [6.45, 7) is 4.14. The number of carbonyl (C=O) groups is 1. The molecule has 1 atom stereocenters. The van der Waals surface area contributed by atoms with Crippen molar-refractivity contribution in [2.75, 3.05) is 32.7 Å². The van der Waals surface area contributed by atoms with Gasteiger partial charge in [-0.2, -0.15) is 5.10 Å². The third-order valence-electron chi connectivity index (χ3n) is 4.86. The van der Waals surface area contributed by atoms with Crippen LogP contribution in [-0.2, 0) is 16.0 Å². The second-order valence-electron chi connectivity index (χ2n) is 7.17. The Bertz CT molecular complexity index is 1180. The molecule has 6 N–H and O–H groups in total. The van der Waals surface area contributed by atoms with Crippen LogP contribution in [0.25, 0.3) is 11.1 Å². The fourth-order valence-electron chi connectivity index (χ4n) is 3.10. The minimum absolute atomic E-state index is 0.263. The maximum atomic E-state index is 12.5. The van der Waals surface area contributed by atoms with Crippen molar-refractivity contribution >= 4 is 11.6 Å². The molecule has 3 rings (SSSR count). The van der Waals surface area contributed by atoms with Gasteiger partial charge in [0.1, 0.15) is 18.0 Å². The van der Waals surface area contributed by atoms with E-state index in [1.165, 1.54) is 0 Å². The van der Waals surface area contributed by atoms with Crippen LogP contribution >= 0.6 is 0 Å². The van der Waals surface area contributed by atoms with Crippen LogP contribution < -0.4 is 27.0 Å². The molecule has 1 aromatic carbocycles. The predicted octanol–water partition coefficient (Wildman–Crippen LogP) is 0.0820. The molecule has 0 aliphatic heterocycles. The van der Waals surface area contributed by atoms with Crippen molar-refractivity contribution in [2.24, 2.45) is 0 Å². The number of rotatable bonds is 10. The first-order valence-electron chi connectivity index (χ1n) is 10.1. The number of amides is 1. The normalized spacial score (nSPS) is 11.9. The molecule has 11 nitrogen and oxygen atoms in total. The molecule has 2 aromatic heterocycles. The van der Waals surface area contributed by atoms with Gasteiger partial charge in [0.15, 0.2) is 6.54 Å². The van der Waals surface area contributed by atoms with Gasteiger partial charge in [-0.15, -0.1) is 4.68 Å². The Morgan fingerprint density at radius 3 is 2.78 bits per heavy atom. The summed E-state index contributed by atoms with van der Waals surface area (Å²) in [6.07, 6.45) is 3.86. The Labute approximate surface area is 183 Å². The average Bonchev–Trinajstić information content (AvgIpc) is 3.25. The molecule has 0 aliphatic carbocycles. The third-order valence-corrected chi connectivity index (χ3v) is 4.86. The van der Waals surface area contributed by atoms with Crippen molar-refractivity contribution in [3.05, 3.63) is 68.8 Å². The van der Waals surface area contributed by atoms with Crippen LogP contribution in [0.15, 0.2) is 46.2 Å². The number of nitrogens with one attached hydrogen (secondary N) is 4. The maximum Gasteiger partial charge on any atom is 0.326 e. The Hall–Kier alpha value is -3.70. The van der Waals surface area contributed by atoms with Crippen LogP contribution in [-0.4, -0.2) is 47.9 Å². The SMILES string of the molecule is COCCOCC[n+]1cc(-c2cccc([C@@H](C)NC(=O)c3[nH]c(=O)[nH]c(=O)c3N)c2)c[nH]1. The molecule has 170 valence electrons. The van der Waals surface area contributed by atoms with E-state index < -0.39 is 23.2 Å². The van der Waals surface area contributed by atoms with Gasteiger partial charge < -0.3 is 25.5 Å². The fourth-order valence-corrected chi connectivity index (χ4v) is 3.10. The predicted molar refractivity (Wildman–Crippen MR) is 117 cm³/mol. The monoisotopic (exact) mass is 443 g/mol. The number of hydrogen-bond acceptors (Lipinski definition) is 6. The number of ether oxygens (including phenoxy) is 2. The van der Waals surface area contributed by atoms with Gasteiger partial charge in [-0.25, -0.2) is 4.79 Å². The van der Waals surface area contributed by atoms with E-state index in [0.717, 1.165) is 16.7 Å². The van der Waals surface area contributed by atoms with Crippen LogP contribution in [0.3, 0.4) is 0 Å². The maximum absolute atomic E-state index is 12.5. The largest absolute Gasteiger partial charge is 0.392 e. The number of H-pyrrole nitrogens is 3. The molecule has 32 heavy (non-hydrogen) atoms. The standard InChI is InChI=1S/C21H26N6O5/c1-13(24-20(29)18-17(22)19(28)26-21(30)25-18)14-4-3-5-15(10-14)16-11-23-27(12-16)6-7-32-9-8-31-2/h3-5,10-13H,6-9H2,1-2H3,(H5,22,24,25,26,28,29,30)/p+1/t13-/m1/s1. The molecular formula is C21H27N6O5+. The Balaban J connectivity index is 1.68. The Morgan fingerprint density at radius 1 is 1.19 bits per heavy atom. The summed E-state index contributed by atoms with van der Waals surface area (Å²) in [5.74, 6) is -0.642. The van der Waals surface area contributed by atoms with Crippen LogP contribution in [0.1, 0.15) is 29.0 Å². The number of nitrogens with two attached hydrogens (primary N) is 1. The number of methoxy groups -OCH3 is 1. The fraction of sp³-hybridized carbons (Fsp3) is 0.333. The molecular weight excluding hydrogens is 416 g/mol. The molecule has 0 saturated heterocycles. The number of hydrogen-bond donors (Lipinski definition) is 5. The molecule has 1 amide bonds. The molecule has 2 heterocycles. The smallest absolute Gasteiger partial charge is 0.326 e. The molecule has 0 saturated carbocycles. The highest BCUT2D eigenvalue weighted by atomic mass is 16.5. The first-order chi connectivity index (χ1) is 15.4. The average molecular weight is 443 g/mol. The zero-order valence-corrected chi connectivity index (χ0v) is 17.9. The van der Waals surface area contributed by atoms with E-state index in [-0.39, 0.29) is 11.4 Å². The van der Waals surface area contributed by atoms with E-state index in [0.29, 0.717) is 26.4 Å². The summed E-state index contributed by atoms with van der Waals surface area (Å²) >= 11 is 0. The van der Waals surface area contributed by atoms with Crippen molar-refractivity contribution < 1.29 is 19.0 Å². The van der Waals surface area contributed by atoms with Crippen molar-refractivity contribution in [1.82, 2.24) is 20.4 Å². The molecule has 0 aliphatic rings. The third kappa shape index (κ3) is 5.71. The molecule has 0 radical (unpaired) electrons. The summed E-state index contributed by atoms with van der Waals surface area (Å²) < 4.78 is 12.4. The lowest BCUT2D eigenvalue weighted by molar-refractivity contribution is -0.751. The molecule has 11 heteroatoms. The van der Waals surface area contributed by atoms with E-state index in [4.69, 9.17) is 15.2 Å². The summed E-state index contributed by atoms with van der Waals surface area (Å²) in [4.78, 5) is 39.9. The molecule has 0 unspecified atom stereocenters. The van der Waals surface area contributed by atoms with Gasteiger partial charge in [0.25, 0.3) is 11.5 Å². The minimum atomic E-state index is -0.807. The van der Waals surface area contributed by atoms with E-state index in [1.807, 2.05) is 46.3 Å². The Kier molecular flexibility index (Phi) is 7.58. The number of aromatic amines is 3. The molecule has 0 bridgehead atoms. The molecule has 0 fully saturated rings. The zero-order valence-electron chi connectivity index (χ0n) is 17.9. The van der Waals surface area contributed by atoms with Gasteiger partial charge in [0, 0.05) is 7.11 Å². The zero-order chi connectivity index (χ0) is 23.1. The van der Waals surface area contributed by atoms with Gasteiger partial charge in [0.05, 0.1) is 31.0 Å². The van der Waals surface area contributed by atoms with Crippen molar-refractivity contribution in [2.45, 2.75) is 19.5 Å². The van der Waals surface area contributed by atoms with Gasteiger partial charge in [-0.05, 0) is 24.1 Å². The van der Waals surface area contributed by atoms with Crippen LogP contribution in [0.4, 0.5) is 5.69 Å². The number of carbonyl (C=O) groups excluding carboxylic acids is 1. The molecule has 3 aromatic rings. The van der Waals surface area contributed by atoms with Gasteiger partial charge in [-0.1, -0.05) is 18.2 Å². The number of anilines is 1. The van der Waals surface area contributed by atoms with E-state index in [2.05, 4.69) is 15.4 Å². The van der Waals surface area contributed by atoms with Crippen LogP contribution in [0.5, 0.6) is 0 Å². The number of nitrogen functional groups attached to an aromatic ring is 1. The van der Waals surface area contributed by atoms with Crippen molar-refractivity contribution in [1.29, 1.82) is 0 Å². The minimum Gasteiger partial charge on any atom is -0.392 e. The van der Waals surface area contributed by atoms with Gasteiger partial charge in [0.2, 0.25) is 6.20 Å². The lowest BCUT2D eigenvalue weighted by atomic mass is 10.0. The lowest BCUT2D eigenvalue weighted by Gasteiger charge is -2.15. The number of nitrogens with zero attached hydrogens (tertiary/aromatic N) is 1. The topological polar surface area (TPSA) is 159 Å². The summed E-state index contributed by atoms with van der Waals surface area (Å²) in [5.41, 5.74) is 6.21. The van der Waals surface area contributed by atoms with Crippen LogP contribution in [0, 0.1) is 0 Å². The second-order valence-corrected chi connectivity index (χ2v) is 7.17. The van der Waals surface area contributed by atoms with E-state index >= 15 is 0 Å². The lowest BCUT2D eigenvalue weighted by Crippen LogP contribution is -2.37. The van der Waals surface area contributed by atoms with Crippen LogP contribution in [0.2, 0.25) is 0 Å². The number of aromatic nitrogens is 4. The quantitative estimate of drug-likeness (QED) is 0.220. The Morgan fingerprint density at radius 2 is 2.00 bits per heavy atom. The van der Waals surface area contributed by atoms with Crippen molar-refractivity contribution in [3.8, 4) is 11.1 Å².